The third-order valence-electron chi connectivity index (χ3n) is 4.38. The van der Waals surface area contributed by atoms with E-state index in [1.165, 1.54) is 12.8 Å². The largest absolute Gasteiger partial charge is 0.376 e. The van der Waals surface area contributed by atoms with E-state index in [1.807, 2.05) is 0 Å². The summed E-state index contributed by atoms with van der Waals surface area (Å²) in [5.74, 6) is 1.03. The second-order valence-corrected chi connectivity index (χ2v) is 6.10. The standard InChI is InChI=1S/C15H29N3O2/c1-4-15(3)6-7-18(12-15)14(16-5-2)17-10-13-11-19-8-9-20-13/h13H,4-12H2,1-3H3,(H,16,17). The predicted molar refractivity (Wildman–Crippen MR) is 81.1 cm³/mol. The number of ether oxygens (including phenoxy) is 2. The van der Waals surface area contributed by atoms with Gasteiger partial charge in [0.1, 0.15) is 6.10 Å². The van der Waals surface area contributed by atoms with Gasteiger partial charge in [0.15, 0.2) is 5.96 Å². The van der Waals surface area contributed by atoms with Gasteiger partial charge >= 0.3 is 0 Å². The van der Waals surface area contributed by atoms with E-state index in [2.05, 4.69) is 31.0 Å². The number of nitrogens with zero attached hydrogens (tertiary/aromatic N) is 2. The molecule has 1 N–H and O–H groups in total. The number of guanidine groups is 1. The Kier molecular flexibility index (Phi) is 5.66. The molecule has 0 radical (unpaired) electrons. The smallest absolute Gasteiger partial charge is 0.194 e. The van der Waals surface area contributed by atoms with E-state index in [9.17, 15) is 0 Å². The molecule has 2 unspecified atom stereocenters. The first-order valence-electron chi connectivity index (χ1n) is 7.89. The quantitative estimate of drug-likeness (QED) is 0.627. The Labute approximate surface area is 122 Å². The Bertz CT molecular complexity index is 329. The Morgan fingerprint density at radius 1 is 1.40 bits per heavy atom. The summed E-state index contributed by atoms with van der Waals surface area (Å²) in [5.41, 5.74) is 0.431. The highest BCUT2D eigenvalue weighted by atomic mass is 16.6. The zero-order chi connectivity index (χ0) is 14.4. The lowest BCUT2D eigenvalue weighted by Crippen LogP contribution is -2.42. The average Bonchev–Trinajstić information content (AvgIpc) is 2.88. The fourth-order valence-corrected chi connectivity index (χ4v) is 2.75. The molecule has 0 aromatic heterocycles. The fourth-order valence-electron chi connectivity index (χ4n) is 2.75. The van der Waals surface area contributed by atoms with Crippen molar-refractivity contribution >= 4 is 5.96 Å². The van der Waals surface area contributed by atoms with E-state index in [0.717, 1.165) is 25.6 Å². The van der Waals surface area contributed by atoms with Gasteiger partial charge in [-0.3, -0.25) is 4.99 Å². The van der Waals surface area contributed by atoms with Crippen LogP contribution >= 0.6 is 0 Å². The molecule has 2 aliphatic heterocycles. The third kappa shape index (κ3) is 4.09. The minimum absolute atomic E-state index is 0.109. The summed E-state index contributed by atoms with van der Waals surface area (Å²) in [7, 11) is 0. The first-order chi connectivity index (χ1) is 9.67. The molecule has 2 aliphatic rings. The van der Waals surface area contributed by atoms with Gasteiger partial charge in [-0.25, -0.2) is 0 Å². The van der Waals surface area contributed by atoms with Crippen LogP contribution in [0.25, 0.3) is 0 Å². The number of aliphatic imine (C=N–C) groups is 1. The molecule has 0 spiro atoms. The van der Waals surface area contributed by atoms with Crippen LogP contribution in [0.1, 0.15) is 33.6 Å². The molecule has 5 heteroatoms. The molecule has 0 aliphatic carbocycles. The van der Waals surface area contributed by atoms with Crippen LogP contribution in [0.5, 0.6) is 0 Å². The van der Waals surface area contributed by atoms with Crippen molar-refractivity contribution in [2.45, 2.75) is 39.7 Å². The Hall–Kier alpha value is -0.810. The van der Waals surface area contributed by atoms with E-state index in [4.69, 9.17) is 14.5 Å². The third-order valence-corrected chi connectivity index (χ3v) is 4.38. The van der Waals surface area contributed by atoms with Crippen LogP contribution in [0.4, 0.5) is 0 Å². The summed E-state index contributed by atoms with van der Waals surface area (Å²) in [6, 6.07) is 0. The van der Waals surface area contributed by atoms with Crippen LogP contribution in [0.3, 0.4) is 0 Å². The minimum Gasteiger partial charge on any atom is -0.376 e. The van der Waals surface area contributed by atoms with Crippen LogP contribution in [-0.4, -0.2) is 63.0 Å². The second kappa shape index (κ2) is 7.27. The zero-order valence-electron chi connectivity index (χ0n) is 13.2. The predicted octanol–water partition coefficient (Wildman–Crippen LogP) is 1.49. The summed E-state index contributed by atoms with van der Waals surface area (Å²) >= 11 is 0. The molecule has 5 nitrogen and oxygen atoms in total. The first kappa shape index (κ1) is 15.6. The molecule has 116 valence electrons. The van der Waals surface area contributed by atoms with E-state index in [-0.39, 0.29) is 6.10 Å². The highest BCUT2D eigenvalue weighted by molar-refractivity contribution is 5.80. The highest BCUT2D eigenvalue weighted by Gasteiger charge is 2.33. The molecule has 0 amide bonds. The highest BCUT2D eigenvalue weighted by Crippen LogP contribution is 2.32. The molecule has 2 rings (SSSR count). The van der Waals surface area contributed by atoms with Crippen molar-refractivity contribution in [1.29, 1.82) is 0 Å². The van der Waals surface area contributed by atoms with Gasteiger partial charge in [0.2, 0.25) is 0 Å². The van der Waals surface area contributed by atoms with Crippen molar-refractivity contribution in [3.05, 3.63) is 0 Å². The monoisotopic (exact) mass is 283 g/mol. The summed E-state index contributed by atoms with van der Waals surface area (Å²) in [4.78, 5) is 7.13. The number of hydrogen-bond acceptors (Lipinski definition) is 3. The van der Waals surface area contributed by atoms with Gasteiger partial charge in [0.05, 0.1) is 26.4 Å². The molecule has 20 heavy (non-hydrogen) atoms. The molecular weight excluding hydrogens is 254 g/mol. The molecule has 2 atom stereocenters. The SMILES string of the molecule is CCNC(=NCC1COCCO1)N1CCC(C)(CC)C1. The lowest BCUT2D eigenvalue weighted by molar-refractivity contribution is -0.0833. The van der Waals surface area contributed by atoms with E-state index < -0.39 is 0 Å². The summed E-state index contributed by atoms with van der Waals surface area (Å²) in [6.07, 6.45) is 2.58. The maximum absolute atomic E-state index is 5.65. The van der Waals surface area contributed by atoms with Crippen LogP contribution in [0.2, 0.25) is 0 Å². The van der Waals surface area contributed by atoms with Crippen molar-refractivity contribution in [2.75, 3.05) is 46.0 Å². The van der Waals surface area contributed by atoms with Gasteiger partial charge in [-0.1, -0.05) is 13.8 Å². The zero-order valence-corrected chi connectivity index (χ0v) is 13.2. The topological polar surface area (TPSA) is 46.1 Å². The molecule has 0 bridgehead atoms. The van der Waals surface area contributed by atoms with Crippen molar-refractivity contribution in [3.8, 4) is 0 Å². The van der Waals surface area contributed by atoms with Gasteiger partial charge in [0.25, 0.3) is 0 Å². The van der Waals surface area contributed by atoms with Crippen molar-refractivity contribution in [3.63, 3.8) is 0 Å². The van der Waals surface area contributed by atoms with Crippen molar-refractivity contribution in [1.82, 2.24) is 10.2 Å². The first-order valence-corrected chi connectivity index (χ1v) is 7.89. The van der Waals surface area contributed by atoms with E-state index in [1.54, 1.807) is 0 Å². The molecular formula is C15H29N3O2. The maximum atomic E-state index is 5.65. The molecule has 0 aromatic carbocycles. The number of nitrogens with one attached hydrogen (secondary N) is 1. The molecule has 2 fully saturated rings. The maximum Gasteiger partial charge on any atom is 0.194 e. The number of rotatable bonds is 4. The Morgan fingerprint density at radius 3 is 2.85 bits per heavy atom. The fraction of sp³-hybridized carbons (Fsp3) is 0.933. The lowest BCUT2D eigenvalue weighted by atomic mass is 9.87. The second-order valence-electron chi connectivity index (χ2n) is 6.10. The Balaban J connectivity index is 1.92. The summed E-state index contributed by atoms with van der Waals surface area (Å²) < 4.78 is 11.1. The van der Waals surface area contributed by atoms with Gasteiger partial charge in [-0.15, -0.1) is 0 Å². The molecule has 2 heterocycles. The Morgan fingerprint density at radius 2 is 2.25 bits per heavy atom. The molecule has 0 aromatic rings. The van der Waals surface area contributed by atoms with Gasteiger partial charge < -0.3 is 19.7 Å². The van der Waals surface area contributed by atoms with Crippen LogP contribution in [0, 0.1) is 5.41 Å². The number of likely N-dealkylation sites (tertiary alicyclic amines) is 1. The molecule has 2 saturated heterocycles. The average molecular weight is 283 g/mol. The van der Waals surface area contributed by atoms with Gasteiger partial charge in [-0.2, -0.15) is 0 Å². The normalized spacial score (nSPS) is 31.6. The van der Waals surface area contributed by atoms with Crippen molar-refractivity contribution in [2.24, 2.45) is 10.4 Å². The summed E-state index contributed by atoms with van der Waals surface area (Å²) in [5, 5.41) is 3.41. The van der Waals surface area contributed by atoms with Crippen molar-refractivity contribution < 1.29 is 9.47 Å². The number of hydrogen-bond donors (Lipinski definition) is 1. The summed E-state index contributed by atoms with van der Waals surface area (Å²) in [6.45, 7) is 12.6. The van der Waals surface area contributed by atoms with E-state index in [0.29, 0.717) is 31.8 Å². The van der Waals surface area contributed by atoms with Crippen LogP contribution in [0.15, 0.2) is 4.99 Å². The minimum atomic E-state index is 0.109. The van der Waals surface area contributed by atoms with Gasteiger partial charge in [-0.05, 0) is 25.2 Å². The van der Waals surface area contributed by atoms with E-state index >= 15 is 0 Å². The lowest BCUT2D eigenvalue weighted by Gasteiger charge is -2.26. The van der Waals surface area contributed by atoms with Gasteiger partial charge in [0, 0.05) is 19.6 Å². The van der Waals surface area contributed by atoms with Crippen LogP contribution in [-0.2, 0) is 9.47 Å². The van der Waals surface area contributed by atoms with Crippen LogP contribution < -0.4 is 5.32 Å². The molecule has 0 saturated carbocycles.